The van der Waals surface area contributed by atoms with Crippen LogP contribution in [0.1, 0.15) is 55.1 Å². The summed E-state index contributed by atoms with van der Waals surface area (Å²) in [5.74, 6) is 0.893. The molecule has 1 amide bonds. The zero-order valence-electron chi connectivity index (χ0n) is 18.7. The van der Waals surface area contributed by atoms with Gasteiger partial charge in [-0.3, -0.25) is 9.69 Å². The zero-order chi connectivity index (χ0) is 21.5. The molecule has 1 aliphatic heterocycles. The summed E-state index contributed by atoms with van der Waals surface area (Å²) in [5.41, 5.74) is 1.77. The van der Waals surface area contributed by atoms with Gasteiger partial charge in [-0.1, -0.05) is 25.0 Å². The van der Waals surface area contributed by atoms with Gasteiger partial charge in [-0.15, -0.1) is 24.0 Å². The molecular weight excluding hydrogens is 517 g/mol. The number of benzene rings is 1. The molecule has 2 heterocycles. The number of anilines is 1. The molecule has 2 aromatic rings. The Balaban J connectivity index is 0.00000289. The summed E-state index contributed by atoms with van der Waals surface area (Å²) in [7, 11) is 0. The first-order valence-electron chi connectivity index (χ1n) is 11.4. The van der Waals surface area contributed by atoms with Crippen LogP contribution in [0.5, 0.6) is 0 Å². The molecule has 1 saturated carbocycles. The molecule has 7 nitrogen and oxygen atoms in total. The number of carbonyl (C=O) groups is 1. The van der Waals surface area contributed by atoms with Gasteiger partial charge < -0.3 is 20.4 Å². The van der Waals surface area contributed by atoms with Gasteiger partial charge in [0, 0.05) is 37.4 Å². The maximum absolute atomic E-state index is 12.2. The van der Waals surface area contributed by atoms with Crippen molar-refractivity contribution < 1.29 is 9.21 Å². The van der Waals surface area contributed by atoms with Crippen LogP contribution in [0.25, 0.3) is 0 Å². The lowest BCUT2D eigenvalue weighted by Gasteiger charge is -2.24. The molecular formula is C24H34IN5O2. The first-order valence-corrected chi connectivity index (χ1v) is 11.4. The Bertz CT molecular complexity index is 880. The number of hydrogen-bond donors (Lipinski definition) is 3. The van der Waals surface area contributed by atoms with E-state index in [-0.39, 0.29) is 29.9 Å². The number of nitrogens with zero attached hydrogens (tertiary/aromatic N) is 2. The molecule has 1 aliphatic carbocycles. The van der Waals surface area contributed by atoms with Gasteiger partial charge >= 0.3 is 0 Å². The number of hydrogen-bond acceptors (Lipinski definition) is 4. The summed E-state index contributed by atoms with van der Waals surface area (Å²) >= 11 is 0. The summed E-state index contributed by atoms with van der Waals surface area (Å²) in [4.78, 5) is 19.6. The van der Waals surface area contributed by atoms with Crippen LogP contribution in [-0.4, -0.2) is 48.5 Å². The molecule has 8 heteroatoms. The van der Waals surface area contributed by atoms with Gasteiger partial charge in [-0.05, 0) is 56.0 Å². The molecule has 3 N–H and O–H groups in total. The van der Waals surface area contributed by atoms with Crippen molar-refractivity contribution in [1.82, 2.24) is 15.5 Å². The minimum Gasteiger partial charge on any atom is -0.459 e. The first-order chi connectivity index (χ1) is 15.2. The summed E-state index contributed by atoms with van der Waals surface area (Å²) in [6.07, 6.45) is 8.12. The molecule has 1 aromatic carbocycles. The van der Waals surface area contributed by atoms with Crippen molar-refractivity contribution in [3.8, 4) is 0 Å². The molecule has 1 aromatic heterocycles. The van der Waals surface area contributed by atoms with Crippen LogP contribution in [-0.2, 0) is 6.54 Å². The van der Waals surface area contributed by atoms with Gasteiger partial charge in [0.1, 0.15) is 0 Å². The fourth-order valence-electron chi connectivity index (χ4n) is 4.54. The second kappa shape index (κ2) is 12.2. The molecule has 0 spiro atoms. The Morgan fingerprint density at radius 1 is 1.19 bits per heavy atom. The lowest BCUT2D eigenvalue weighted by molar-refractivity contribution is 0.0996. The summed E-state index contributed by atoms with van der Waals surface area (Å²) < 4.78 is 5.15. The predicted molar refractivity (Wildman–Crippen MR) is 139 cm³/mol. The minimum absolute atomic E-state index is 0. The molecule has 1 saturated heterocycles. The smallest absolute Gasteiger partial charge is 0.291 e. The number of halogens is 1. The number of furan rings is 1. The van der Waals surface area contributed by atoms with Gasteiger partial charge in [-0.2, -0.15) is 0 Å². The van der Waals surface area contributed by atoms with Crippen molar-refractivity contribution in [3.63, 3.8) is 0 Å². The fraction of sp³-hybridized carbons (Fsp3) is 0.500. The fourth-order valence-corrected chi connectivity index (χ4v) is 4.54. The minimum atomic E-state index is -0.256. The lowest BCUT2D eigenvalue weighted by Crippen LogP contribution is -2.45. The average molecular weight is 551 g/mol. The van der Waals surface area contributed by atoms with Crippen molar-refractivity contribution in [2.45, 2.75) is 57.7 Å². The number of guanidine groups is 1. The van der Waals surface area contributed by atoms with E-state index in [1.807, 2.05) is 24.3 Å². The molecule has 2 fully saturated rings. The Hall–Kier alpha value is -2.07. The summed E-state index contributed by atoms with van der Waals surface area (Å²) in [5, 5.41) is 9.86. The largest absolute Gasteiger partial charge is 0.459 e. The van der Waals surface area contributed by atoms with Crippen LogP contribution >= 0.6 is 24.0 Å². The SMILES string of the molecule is CCNC(=NCc1cccc(NC(=O)c2ccco2)c1)NC1CCN(C2CCCC2)C1.I. The number of rotatable bonds is 7. The Morgan fingerprint density at radius 3 is 2.78 bits per heavy atom. The van der Waals surface area contributed by atoms with Gasteiger partial charge in [0.15, 0.2) is 11.7 Å². The molecule has 0 radical (unpaired) electrons. The molecule has 1 unspecified atom stereocenters. The van der Waals surface area contributed by atoms with Crippen molar-refractivity contribution in [2.24, 2.45) is 4.99 Å². The van der Waals surface area contributed by atoms with Crippen molar-refractivity contribution >= 4 is 41.5 Å². The van der Waals surface area contributed by atoms with Gasteiger partial charge in [-0.25, -0.2) is 4.99 Å². The Morgan fingerprint density at radius 2 is 2.03 bits per heavy atom. The zero-order valence-corrected chi connectivity index (χ0v) is 21.0. The highest BCUT2D eigenvalue weighted by Gasteiger charge is 2.30. The summed E-state index contributed by atoms with van der Waals surface area (Å²) in [6.45, 7) is 5.73. The third-order valence-electron chi connectivity index (χ3n) is 6.10. The van der Waals surface area contributed by atoms with E-state index in [2.05, 4.69) is 27.8 Å². The third kappa shape index (κ3) is 6.71. The van der Waals surface area contributed by atoms with E-state index in [9.17, 15) is 4.79 Å². The maximum atomic E-state index is 12.2. The van der Waals surface area contributed by atoms with Crippen LogP contribution in [0.2, 0.25) is 0 Å². The first kappa shape index (κ1) is 24.6. The quantitative estimate of drug-likeness (QED) is 0.273. The standard InChI is InChI=1S/C24H33N5O2.HI/c1-2-25-24(28-20-12-13-29(17-20)21-9-3-4-10-21)26-16-18-7-5-8-19(15-18)27-23(30)22-11-6-14-31-22;/h5-8,11,14-15,20-21H,2-4,9-10,12-13,16-17H2,1H3,(H,27,30)(H2,25,26,28);1H. The van der Waals surface area contributed by atoms with E-state index in [0.717, 1.165) is 42.8 Å². The molecule has 2 aliphatic rings. The summed E-state index contributed by atoms with van der Waals surface area (Å²) in [6, 6.07) is 12.3. The molecule has 0 bridgehead atoms. The normalized spacial score (nSPS) is 19.5. The molecule has 174 valence electrons. The number of likely N-dealkylation sites (tertiary alicyclic amines) is 1. The topological polar surface area (TPSA) is 81.9 Å². The lowest BCUT2D eigenvalue weighted by atomic mass is 10.2. The van der Waals surface area contributed by atoms with Crippen molar-refractivity contribution in [2.75, 3.05) is 25.0 Å². The van der Waals surface area contributed by atoms with Gasteiger partial charge in [0.05, 0.1) is 12.8 Å². The van der Waals surface area contributed by atoms with Crippen LogP contribution < -0.4 is 16.0 Å². The third-order valence-corrected chi connectivity index (χ3v) is 6.10. The van der Waals surface area contributed by atoms with E-state index in [4.69, 9.17) is 9.41 Å². The number of amides is 1. The van der Waals surface area contributed by atoms with Gasteiger partial charge in [0.25, 0.3) is 5.91 Å². The number of nitrogens with one attached hydrogen (secondary N) is 3. The molecule has 32 heavy (non-hydrogen) atoms. The van der Waals surface area contributed by atoms with E-state index >= 15 is 0 Å². The number of aliphatic imine (C=N–C) groups is 1. The monoisotopic (exact) mass is 551 g/mol. The maximum Gasteiger partial charge on any atom is 0.291 e. The molecule has 1 atom stereocenters. The highest BCUT2D eigenvalue weighted by molar-refractivity contribution is 14.0. The van der Waals surface area contributed by atoms with Crippen molar-refractivity contribution in [1.29, 1.82) is 0 Å². The molecule has 4 rings (SSSR count). The van der Waals surface area contributed by atoms with E-state index in [0.29, 0.717) is 18.3 Å². The van der Waals surface area contributed by atoms with Crippen LogP contribution in [0.3, 0.4) is 0 Å². The van der Waals surface area contributed by atoms with Crippen LogP contribution in [0, 0.1) is 0 Å². The highest BCUT2D eigenvalue weighted by Crippen LogP contribution is 2.26. The van der Waals surface area contributed by atoms with Crippen LogP contribution in [0.15, 0.2) is 52.1 Å². The average Bonchev–Trinajstić information content (AvgIpc) is 3.55. The number of carbonyl (C=O) groups excluding carboxylic acids is 1. The van der Waals surface area contributed by atoms with Crippen LogP contribution in [0.4, 0.5) is 5.69 Å². The van der Waals surface area contributed by atoms with Gasteiger partial charge in [0.2, 0.25) is 0 Å². The second-order valence-electron chi connectivity index (χ2n) is 8.39. The Labute approximate surface area is 207 Å². The highest BCUT2D eigenvalue weighted by atomic mass is 127. The van der Waals surface area contributed by atoms with E-state index in [1.54, 1.807) is 12.1 Å². The van der Waals surface area contributed by atoms with E-state index in [1.165, 1.54) is 38.5 Å². The Kier molecular flexibility index (Phi) is 9.40. The predicted octanol–water partition coefficient (Wildman–Crippen LogP) is 4.22. The van der Waals surface area contributed by atoms with E-state index < -0.39 is 0 Å². The second-order valence-corrected chi connectivity index (χ2v) is 8.39. The van der Waals surface area contributed by atoms with Crippen molar-refractivity contribution in [3.05, 3.63) is 54.0 Å².